The van der Waals surface area contributed by atoms with Gasteiger partial charge in [0.1, 0.15) is 11.8 Å². The molecule has 5 nitrogen and oxygen atoms in total. The summed E-state index contributed by atoms with van der Waals surface area (Å²) in [6.45, 7) is 4.44. The molecule has 0 fully saturated rings. The van der Waals surface area contributed by atoms with Gasteiger partial charge < -0.3 is 15.0 Å². The fraction of sp³-hybridized carbons (Fsp3) is 0.391. The molecule has 0 bridgehead atoms. The number of unbranched alkanes of at least 4 members (excludes halogenated alkanes) is 1. The van der Waals surface area contributed by atoms with Gasteiger partial charge >= 0.3 is 0 Å². The molecule has 1 atom stereocenters. The second-order valence-corrected chi connectivity index (χ2v) is 8.28. The van der Waals surface area contributed by atoms with E-state index in [2.05, 4.69) is 12.2 Å². The average Bonchev–Trinajstić information content (AvgIpc) is 2.75. The lowest BCUT2D eigenvalue weighted by Gasteiger charge is -2.30. The molecule has 0 spiro atoms. The number of nitrogens with one attached hydrogen (secondary N) is 1. The molecule has 0 saturated heterocycles. The maximum Gasteiger partial charge on any atom is 0.261 e. The maximum absolute atomic E-state index is 13.1. The van der Waals surface area contributed by atoms with Gasteiger partial charge in [0.05, 0.1) is 15.1 Å². The highest BCUT2D eigenvalue weighted by atomic mass is 35.5. The van der Waals surface area contributed by atoms with E-state index in [0.29, 0.717) is 33.8 Å². The summed E-state index contributed by atoms with van der Waals surface area (Å²) in [7, 11) is 0. The van der Waals surface area contributed by atoms with Gasteiger partial charge in [-0.25, -0.2) is 0 Å². The first-order valence-electron chi connectivity index (χ1n) is 10.3. The molecule has 2 rings (SSSR count). The lowest BCUT2D eigenvalue weighted by atomic mass is 10.1. The molecule has 168 valence electrons. The van der Waals surface area contributed by atoms with Crippen LogP contribution in [0.3, 0.4) is 0 Å². The third kappa shape index (κ3) is 7.60. The van der Waals surface area contributed by atoms with Crippen LogP contribution in [0.4, 0.5) is 0 Å². The van der Waals surface area contributed by atoms with Crippen LogP contribution in [-0.4, -0.2) is 35.9 Å². The number of rotatable bonds is 11. The van der Waals surface area contributed by atoms with Crippen molar-refractivity contribution in [2.24, 2.45) is 0 Å². The highest BCUT2D eigenvalue weighted by molar-refractivity contribution is 6.42. The first-order chi connectivity index (χ1) is 14.9. The van der Waals surface area contributed by atoms with E-state index in [4.69, 9.17) is 39.5 Å². The van der Waals surface area contributed by atoms with Crippen LogP contribution in [0, 0.1) is 0 Å². The van der Waals surface area contributed by atoms with E-state index in [-0.39, 0.29) is 25.0 Å². The van der Waals surface area contributed by atoms with E-state index in [1.807, 2.05) is 6.92 Å². The molecule has 8 heteroatoms. The van der Waals surface area contributed by atoms with Gasteiger partial charge in [0.15, 0.2) is 6.61 Å². The molecule has 2 aromatic rings. The van der Waals surface area contributed by atoms with Gasteiger partial charge in [0.2, 0.25) is 5.91 Å². The molecule has 0 aliphatic heterocycles. The Morgan fingerprint density at radius 3 is 2.42 bits per heavy atom. The summed E-state index contributed by atoms with van der Waals surface area (Å²) in [5.41, 5.74) is 0.764. The Balaban J connectivity index is 2.22. The van der Waals surface area contributed by atoms with Gasteiger partial charge in [-0.05, 0) is 42.7 Å². The van der Waals surface area contributed by atoms with Crippen LogP contribution in [0.5, 0.6) is 5.75 Å². The van der Waals surface area contributed by atoms with E-state index in [1.165, 1.54) is 4.90 Å². The summed E-state index contributed by atoms with van der Waals surface area (Å²) in [5, 5.41) is 4.14. The van der Waals surface area contributed by atoms with Crippen molar-refractivity contribution < 1.29 is 14.3 Å². The largest absolute Gasteiger partial charge is 0.482 e. The number of hydrogen-bond donors (Lipinski definition) is 1. The molecule has 0 saturated carbocycles. The number of hydrogen-bond acceptors (Lipinski definition) is 3. The average molecular weight is 486 g/mol. The molecule has 2 amide bonds. The maximum atomic E-state index is 13.1. The Morgan fingerprint density at radius 1 is 1.03 bits per heavy atom. The summed E-state index contributed by atoms with van der Waals surface area (Å²) in [4.78, 5) is 27.5. The fourth-order valence-electron chi connectivity index (χ4n) is 3.04. The number of ether oxygens (including phenoxy) is 1. The molecule has 2 aromatic carbocycles. The van der Waals surface area contributed by atoms with E-state index < -0.39 is 6.04 Å². The lowest BCUT2D eigenvalue weighted by Crippen LogP contribution is -2.50. The Kier molecular flexibility index (Phi) is 10.4. The number of carbonyl (C=O) groups is 2. The predicted molar refractivity (Wildman–Crippen MR) is 126 cm³/mol. The van der Waals surface area contributed by atoms with Crippen molar-refractivity contribution in [3.05, 3.63) is 63.1 Å². The Labute approximate surface area is 198 Å². The van der Waals surface area contributed by atoms with Crippen molar-refractivity contribution in [3.8, 4) is 5.75 Å². The number of benzene rings is 2. The highest BCUT2D eigenvalue weighted by Crippen LogP contribution is 2.25. The lowest BCUT2D eigenvalue weighted by molar-refractivity contribution is -0.143. The monoisotopic (exact) mass is 484 g/mol. The quantitative estimate of drug-likeness (QED) is 0.412. The predicted octanol–water partition coefficient (Wildman–Crippen LogP) is 5.75. The topological polar surface area (TPSA) is 58.6 Å². The van der Waals surface area contributed by atoms with E-state index >= 15 is 0 Å². The SMILES string of the molecule is CCCCNC(=O)C(CC)N(Cc1ccc(Cl)c(Cl)c1)C(=O)COc1ccccc1Cl. The Bertz CT molecular complexity index is 892. The Hall–Kier alpha value is -1.95. The van der Waals surface area contributed by atoms with Crippen LogP contribution in [0.1, 0.15) is 38.7 Å². The molecule has 0 radical (unpaired) electrons. The molecule has 1 N–H and O–H groups in total. The van der Waals surface area contributed by atoms with Crippen molar-refractivity contribution in [2.45, 2.75) is 45.7 Å². The molecule has 0 heterocycles. The van der Waals surface area contributed by atoms with Crippen LogP contribution < -0.4 is 10.1 Å². The minimum absolute atomic E-state index is 0.192. The minimum atomic E-state index is -0.645. The van der Waals surface area contributed by atoms with Crippen LogP contribution in [0.25, 0.3) is 0 Å². The third-order valence-electron chi connectivity index (χ3n) is 4.74. The number of para-hydroxylation sites is 1. The number of amides is 2. The van der Waals surface area contributed by atoms with Crippen molar-refractivity contribution in [2.75, 3.05) is 13.2 Å². The number of carbonyl (C=O) groups excluding carboxylic acids is 2. The van der Waals surface area contributed by atoms with E-state index in [1.54, 1.807) is 42.5 Å². The molecular formula is C23H27Cl3N2O3. The number of halogens is 3. The van der Waals surface area contributed by atoms with E-state index in [0.717, 1.165) is 18.4 Å². The molecule has 0 aromatic heterocycles. The molecule has 0 aliphatic rings. The standard InChI is InChI=1S/C23H27Cl3N2O3/c1-3-5-12-27-23(30)20(4-2)28(14-16-10-11-17(24)19(26)13-16)22(29)15-31-21-9-7-6-8-18(21)25/h6-11,13,20H,3-5,12,14-15H2,1-2H3,(H,27,30). The van der Waals surface area contributed by atoms with Gasteiger partial charge in [-0.15, -0.1) is 0 Å². The summed E-state index contributed by atoms with van der Waals surface area (Å²) >= 11 is 18.3. The minimum Gasteiger partial charge on any atom is -0.482 e. The second-order valence-electron chi connectivity index (χ2n) is 7.06. The van der Waals surface area contributed by atoms with Crippen LogP contribution in [-0.2, 0) is 16.1 Å². The van der Waals surface area contributed by atoms with Crippen molar-refractivity contribution in [1.82, 2.24) is 10.2 Å². The van der Waals surface area contributed by atoms with Crippen LogP contribution in [0.2, 0.25) is 15.1 Å². The second kappa shape index (κ2) is 12.8. The Morgan fingerprint density at radius 2 is 1.77 bits per heavy atom. The van der Waals surface area contributed by atoms with Gasteiger partial charge in [-0.1, -0.05) is 73.3 Å². The number of nitrogens with zero attached hydrogens (tertiary/aromatic N) is 1. The van der Waals surface area contributed by atoms with Gasteiger partial charge in [0, 0.05) is 13.1 Å². The zero-order chi connectivity index (χ0) is 22.8. The summed E-state index contributed by atoms with van der Waals surface area (Å²) in [6.07, 6.45) is 2.30. The van der Waals surface area contributed by atoms with Gasteiger partial charge in [-0.2, -0.15) is 0 Å². The smallest absolute Gasteiger partial charge is 0.261 e. The highest BCUT2D eigenvalue weighted by Gasteiger charge is 2.29. The molecule has 1 unspecified atom stereocenters. The molecule has 31 heavy (non-hydrogen) atoms. The molecule has 0 aliphatic carbocycles. The first-order valence-corrected chi connectivity index (χ1v) is 11.4. The normalized spacial score (nSPS) is 11.6. The third-order valence-corrected chi connectivity index (χ3v) is 5.79. The molecular weight excluding hydrogens is 459 g/mol. The van der Waals surface area contributed by atoms with Gasteiger partial charge in [-0.3, -0.25) is 9.59 Å². The van der Waals surface area contributed by atoms with Crippen molar-refractivity contribution in [1.29, 1.82) is 0 Å². The van der Waals surface area contributed by atoms with E-state index in [9.17, 15) is 9.59 Å². The van der Waals surface area contributed by atoms with Crippen LogP contribution >= 0.6 is 34.8 Å². The van der Waals surface area contributed by atoms with Crippen molar-refractivity contribution in [3.63, 3.8) is 0 Å². The first kappa shape index (κ1) is 25.3. The fourth-order valence-corrected chi connectivity index (χ4v) is 3.56. The zero-order valence-corrected chi connectivity index (χ0v) is 19.9. The zero-order valence-electron chi connectivity index (χ0n) is 17.7. The van der Waals surface area contributed by atoms with Gasteiger partial charge in [0.25, 0.3) is 5.91 Å². The summed E-state index contributed by atoms with van der Waals surface area (Å²) in [6, 6.07) is 11.4. The van der Waals surface area contributed by atoms with Crippen molar-refractivity contribution >= 4 is 46.6 Å². The summed E-state index contributed by atoms with van der Waals surface area (Å²) in [5.74, 6) is -0.113. The summed E-state index contributed by atoms with van der Waals surface area (Å²) < 4.78 is 5.63. The van der Waals surface area contributed by atoms with Crippen LogP contribution in [0.15, 0.2) is 42.5 Å².